The summed E-state index contributed by atoms with van der Waals surface area (Å²) >= 11 is 3.22. The van der Waals surface area contributed by atoms with E-state index in [1.807, 2.05) is 18.2 Å². The molecular weight excluding hydrogens is 247 g/mol. The molecular formula is C11H6BrFO. The molecule has 0 saturated carbocycles. The van der Waals surface area contributed by atoms with Crippen molar-refractivity contribution in [3.8, 4) is 0 Å². The molecule has 0 heterocycles. The van der Waals surface area contributed by atoms with Gasteiger partial charge in [-0.05, 0) is 32.8 Å². The molecule has 0 radical (unpaired) electrons. The third-order valence-corrected chi connectivity index (χ3v) is 2.95. The van der Waals surface area contributed by atoms with E-state index in [9.17, 15) is 9.18 Å². The smallest absolute Gasteiger partial charge is 0.154 e. The summed E-state index contributed by atoms with van der Waals surface area (Å²) in [5.74, 6) is -0.495. The molecule has 2 aromatic rings. The molecule has 0 aromatic heterocycles. The van der Waals surface area contributed by atoms with Crippen LogP contribution in [0.5, 0.6) is 0 Å². The minimum absolute atomic E-state index is 0.0729. The Kier molecular flexibility index (Phi) is 2.33. The van der Waals surface area contributed by atoms with Gasteiger partial charge in [0, 0.05) is 4.47 Å². The van der Waals surface area contributed by atoms with Crippen LogP contribution in [0.15, 0.2) is 34.8 Å². The molecule has 0 fully saturated rings. The van der Waals surface area contributed by atoms with Gasteiger partial charge in [0.2, 0.25) is 0 Å². The first-order valence-corrected chi connectivity index (χ1v) is 4.85. The summed E-state index contributed by atoms with van der Waals surface area (Å²) in [4.78, 5) is 10.6. The summed E-state index contributed by atoms with van der Waals surface area (Å²) in [5.41, 5.74) is 0.0729. The van der Waals surface area contributed by atoms with E-state index in [1.165, 1.54) is 6.07 Å². The number of halogens is 2. The van der Waals surface area contributed by atoms with Gasteiger partial charge >= 0.3 is 0 Å². The molecule has 0 aliphatic heterocycles. The Morgan fingerprint density at radius 3 is 2.71 bits per heavy atom. The molecule has 0 bridgehead atoms. The fraction of sp³-hybridized carbons (Fsp3) is 0. The molecule has 0 amide bonds. The quantitative estimate of drug-likeness (QED) is 0.710. The molecule has 2 aromatic carbocycles. The Labute approximate surface area is 88.7 Å². The van der Waals surface area contributed by atoms with Crippen molar-refractivity contribution in [2.45, 2.75) is 0 Å². The molecule has 0 saturated heterocycles. The van der Waals surface area contributed by atoms with Crippen molar-refractivity contribution in [1.82, 2.24) is 0 Å². The molecule has 0 N–H and O–H groups in total. The molecule has 0 spiro atoms. The molecule has 3 heteroatoms. The van der Waals surface area contributed by atoms with Gasteiger partial charge in [0.1, 0.15) is 5.82 Å². The molecule has 70 valence electrons. The van der Waals surface area contributed by atoms with Gasteiger partial charge in [-0.1, -0.05) is 24.3 Å². The Balaban J connectivity index is 2.92. The van der Waals surface area contributed by atoms with E-state index in [-0.39, 0.29) is 5.56 Å². The van der Waals surface area contributed by atoms with Crippen LogP contribution in [0.25, 0.3) is 10.8 Å². The van der Waals surface area contributed by atoms with Crippen LogP contribution in [0.2, 0.25) is 0 Å². The van der Waals surface area contributed by atoms with Crippen LogP contribution in [-0.2, 0) is 0 Å². The average molecular weight is 253 g/mol. The molecule has 14 heavy (non-hydrogen) atoms. The number of carbonyl (C=O) groups is 1. The van der Waals surface area contributed by atoms with Crippen LogP contribution >= 0.6 is 15.9 Å². The minimum atomic E-state index is -0.495. The lowest BCUT2D eigenvalue weighted by molar-refractivity contribution is 0.111. The van der Waals surface area contributed by atoms with Gasteiger partial charge in [-0.2, -0.15) is 0 Å². The van der Waals surface area contributed by atoms with Crippen molar-refractivity contribution < 1.29 is 9.18 Å². The fourth-order valence-electron chi connectivity index (χ4n) is 1.39. The van der Waals surface area contributed by atoms with Crippen molar-refractivity contribution in [3.05, 3.63) is 46.2 Å². The molecule has 0 aliphatic rings. The molecule has 2 rings (SSSR count). The topological polar surface area (TPSA) is 17.1 Å². The third-order valence-electron chi connectivity index (χ3n) is 2.09. The number of aldehydes is 1. The zero-order valence-electron chi connectivity index (χ0n) is 7.13. The first-order chi connectivity index (χ1) is 6.74. The maximum atomic E-state index is 13.3. The van der Waals surface area contributed by atoms with E-state index in [0.717, 1.165) is 10.8 Å². The van der Waals surface area contributed by atoms with Crippen molar-refractivity contribution in [3.63, 3.8) is 0 Å². The summed E-state index contributed by atoms with van der Waals surface area (Å²) in [6, 6.07) is 8.68. The van der Waals surface area contributed by atoms with E-state index >= 15 is 0 Å². The average Bonchev–Trinajstić information content (AvgIpc) is 2.18. The number of carbonyl (C=O) groups excluding carboxylic acids is 1. The molecule has 0 aliphatic carbocycles. The highest BCUT2D eigenvalue weighted by Crippen LogP contribution is 2.28. The summed E-state index contributed by atoms with van der Waals surface area (Å²) in [6.07, 6.45) is 0.520. The number of rotatable bonds is 1. The maximum absolute atomic E-state index is 13.3. The summed E-state index contributed by atoms with van der Waals surface area (Å²) in [6.45, 7) is 0. The lowest BCUT2D eigenvalue weighted by Crippen LogP contribution is -1.90. The largest absolute Gasteiger partial charge is 0.298 e. The SMILES string of the molecule is O=Cc1c(F)cc2ccccc2c1Br. The highest BCUT2D eigenvalue weighted by Gasteiger charge is 2.09. The van der Waals surface area contributed by atoms with Crippen LogP contribution in [-0.4, -0.2) is 6.29 Å². The van der Waals surface area contributed by atoms with E-state index in [1.54, 1.807) is 6.07 Å². The summed E-state index contributed by atoms with van der Waals surface area (Å²) < 4.78 is 13.8. The maximum Gasteiger partial charge on any atom is 0.154 e. The van der Waals surface area contributed by atoms with Crippen LogP contribution in [0.3, 0.4) is 0 Å². The zero-order valence-corrected chi connectivity index (χ0v) is 8.71. The second kappa shape index (κ2) is 3.50. The fourth-order valence-corrected chi connectivity index (χ4v) is 2.04. The van der Waals surface area contributed by atoms with E-state index in [2.05, 4.69) is 15.9 Å². The van der Waals surface area contributed by atoms with E-state index in [4.69, 9.17) is 0 Å². The lowest BCUT2D eigenvalue weighted by atomic mass is 10.1. The second-order valence-electron chi connectivity index (χ2n) is 2.93. The first-order valence-electron chi connectivity index (χ1n) is 4.06. The van der Waals surface area contributed by atoms with Crippen molar-refractivity contribution in [2.75, 3.05) is 0 Å². The van der Waals surface area contributed by atoms with Gasteiger partial charge in [0.25, 0.3) is 0 Å². The Morgan fingerprint density at radius 2 is 2.00 bits per heavy atom. The first kappa shape index (κ1) is 9.34. The predicted octanol–water partition coefficient (Wildman–Crippen LogP) is 3.55. The Bertz CT molecular complexity index is 508. The number of hydrogen-bond acceptors (Lipinski definition) is 1. The van der Waals surface area contributed by atoms with Gasteiger partial charge in [-0.25, -0.2) is 4.39 Å². The van der Waals surface area contributed by atoms with Crippen molar-refractivity contribution in [1.29, 1.82) is 0 Å². The third kappa shape index (κ3) is 1.34. The van der Waals surface area contributed by atoms with Gasteiger partial charge in [0.15, 0.2) is 6.29 Å². The predicted molar refractivity (Wildman–Crippen MR) is 57.0 cm³/mol. The number of fused-ring (bicyclic) bond motifs is 1. The standard InChI is InChI=1S/C11H6BrFO/c12-11-8-4-2-1-3-7(8)5-10(13)9(11)6-14/h1-6H. The lowest BCUT2D eigenvalue weighted by Gasteiger charge is -2.04. The monoisotopic (exact) mass is 252 g/mol. The van der Waals surface area contributed by atoms with Crippen LogP contribution in [0.4, 0.5) is 4.39 Å². The van der Waals surface area contributed by atoms with Gasteiger partial charge in [0.05, 0.1) is 5.56 Å². The normalized spacial score (nSPS) is 10.4. The van der Waals surface area contributed by atoms with E-state index in [0.29, 0.717) is 10.8 Å². The van der Waals surface area contributed by atoms with Crippen molar-refractivity contribution >= 4 is 33.0 Å². The molecule has 1 nitrogen and oxygen atoms in total. The van der Waals surface area contributed by atoms with Gasteiger partial charge in [-0.3, -0.25) is 4.79 Å². The minimum Gasteiger partial charge on any atom is -0.298 e. The van der Waals surface area contributed by atoms with E-state index < -0.39 is 5.82 Å². The molecule has 0 unspecified atom stereocenters. The second-order valence-corrected chi connectivity index (χ2v) is 3.72. The van der Waals surface area contributed by atoms with Gasteiger partial charge in [-0.15, -0.1) is 0 Å². The molecule has 0 atom stereocenters. The Morgan fingerprint density at radius 1 is 1.29 bits per heavy atom. The highest BCUT2D eigenvalue weighted by molar-refractivity contribution is 9.10. The summed E-state index contributed by atoms with van der Waals surface area (Å²) in [5, 5.41) is 1.62. The van der Waals surface area contributed by atoms with Crippen LogP contribution in [0.1, 0.15) is 10.4 Å². The Hall–Kier alpha value is -1.22. The summed E-state index contributed by atoms with van der Waals surface area (Å²) in [7, 11) is 0. The van der Waals surface area contributed by atoms with Crippen LogP contribution in [0, 0.1) is 5.82 Å². The zero-order chi connectivity index (χ0) is 10.1. The number of hydrogen-bond donors (Lipinski definition) is 0. The van der Waals surface area contributed by atoms with Gasteiger partial charge < -0.3 is 0 Å². The van der Waals surface area contributed by atoms with Crippen molar-refractivity contribution in [2.24, 2.45) is 0 Å². The number of benzene rings is 2. The van der Waals surface area contributed by atoms with Crippen LogP contribution < -0.4 is 0 Å². The highest BCUT2D eigenvalue weighted by atomic mass is 79.9.